The number of carbonyl (C=O) groups is 3. The van der Waals surface area contributed by atoms with Crippen LogP contribution < -0.4 is 5.32 Å². The summed E-state index contributed by atoms with van der Waals surface area (Å²) in [6.07, 6.45) is 0.527. The van der Waals surface area contributed by atoms with Crippen LogP contribution in [-0.2, 0) is 9.53 Å². The maximum absolute atomic E-state index is 13.8. The fourth-order valence-corrected chi connectivity index (χ4v) is 4.56. The van der Waals surface area contributed by atoms with Gasteiger partial charge < -0.3 is 15.0 Å². The van der Waals surface area contributed by atoms with Crippen molar-refractivity contribution in [2.45, 2.75) is 44.9 Å². The van der Waals surface area contributed by atoms with Crippen LogP contribution in [0.2, 0.25) is 0 Å². The Morgan fingerprint density at radius 2 is 1.78 bits per heavy atom. The van der Waals surface area contributed by atoms with Crippen molar-refractivity contribution in [3.8, 4) is 0 Å². The molecule has 0 aromatic heterocycles. The second-order valence-corrected chi connectivity index (χ2v) is 8.26. The van der Waals surface area contributed by atoms with E-state index in [1.807, 2.05) is 37.3 Å². The van der Waals surface area contributed by atoms with E-state index in [9.17, 15) is 18.8 Å². The fraction of sp³-hybridized carbons (Fsp3) is 0.375. The lowest BCUT2D eigenvalue weighted by Gasteiger charge is -2.37. The van der Waals surface area contributed by atoms with Gasteiger partial charge in [-0.3, -0.25) is 14.5 Å². The van der Waals surface area contributed by atoms with Crippen molar-refractivity contribution in [1.82, 2.24) is 9.80 Å². The highest BCUT2D eigenvalue weighted by Gasteiger charge is 2.44. The van der Waals surface area contributed by atoms with E-state index in [1.165, 1.54) is 19.1 Å². The summed E-state index contributed by atoms with van der Waals surface area (Å²) in [4.78, 5) is 40.6. The van der Waals surface area contributed by atoms with Gasteiger partial charge in [-0.05, 0) is 43.5 Å². The highest BCUT2D eigenvalue weighted by Crippen LogP contribution is 2.36. The molecule has 2 aliphatic rings. The first-order valence-corrected chi connectivity index (χ1v) is 10.8. The lowest BCUT2D eigenvalue weighted by molar-refractivity contribution is -0.114. The summed E-state index contributed by atoms with van der Waals surface area (Å²) in [5.41, 5.74) is 1.37. The van der Waals surface area contributed by atoms with Gasteiger partial charge in [0.25, 0.3) is 5.91 Å². The third kappa shape index (κ3) is 4.30. The molecule has 2 aromatic rings. The number of halogens is 1. The third-order valence-electron chi connectivity index (χ3n) is 6.11. The Balaban J connectivity index is 1.43. The Bertz CT molecular complexity index is 1020. The molecule has 2 aromatic carbocycles. The van der Waals surface area contributed by atoms with Gasteiger partial charge in [0.05, 0.1) is 17.3 Å². The van der Waals surface area contributed by atoms with Crippen LogP contribution in [0.3, 0.4) is 0 Å². The number of cyclic esters (lactones) is 1. The largest absolute Gasteiger partial charge is 0.439 e. The zero-order valence-corrected chi connectivity index (χ0v) is 18.1. The van der Waals surface area contributed by atoms with E-state index >= 15 is 0 Å². The lowest BCUT2D eigenvalue weighted by Crippen LogP contribution is -2.49. The number of nitrogens with zero attached hydrogens (tertiary/aromatic N) is 2. The quantitative estimate of drug-likeness (QED) is 0.782. The SMILES string of the molecule is CC(=O)Nc1ccc(F)cc1C(=O)N1CCC(N2C(=O)OC(c3ccccc3)C2C)CC1. The molecule has 0 saturated carbocycles. The number of anilines is 1. The maximum Gasteiger partial charge on any atom is 0.411 e. The Morgan fingerprint density at radius 1 is 1.09 bits per heavy atom. The Morgan fingerprint density at radius 3 is 2.44 bits per heavy atom. The molecule has 3 amide bonds. The molecule has 0 spiro atoms. The summed E-state index contributed by atoms with van der Waals surface area (Å²) in [6, 6.07) is 13.2. The molecule has 2 fully saturated rings. The Labute approximate surface area is 186 Å². The minimum Gasteiger partial charge on any atom is -0.439 e. The molecule has 2 heterocycles. The number of hydrogen-bond acceptors (Lipinski definition) is 4. The molecular weight excluding hydrogens is 413 g/mol. The minimum atomic E-state index is -0.544. The van der Waals surface area contributed by atoms with Gasteiger partial charge in [-0.2, -0.15) is 0 Å². The van der Waals surface area contributed by atoms with Gasteiger partial charge in [0.2, 0.25) is 5.91 Å². The number of hydrogen-bond donors (Lipinski definition) is 1. The first-order valence-electron chi connectivity index (χ1n) is 10.8. The van der Waals surface area contributed by atoms with Crippen molar-refractivity contribution in [2.24, 2.45) is 0 Å². The molecule has 0 radical (unpaired) electrons. The van der Waals surface area contributed by atoms with Crippen LogP contribution in [0.5, 0.6) is 0 Å². The normalized spacial score (nSPS) is 21.4. The molecule has 7 nitrogen and oxygen atoms in total. The number of piperidine rings is 1. The van der Waals surface area contributed by atoms with E-state index < -0.39 is 5.82 Å². The van der Waals surface area contributed by atoms with Crippen molar-refractivity contribution < 1.29 is 23.5 Å². The van der Waals surface area contributed by atoms with Crippen molar-refractivity contribution in [3.63, 3.8) is 0 Å². The van der Waals surface area contributed by atoms with Gasteiger partial charge in [0, 0.05) is 26.1 Å². The van der Waals surface area contributed by atoms with Crippen LogP contribution in [0, 0.1) is 5.82 Å². The van der Waals surface area contributed by atoms with Crippen LogP contribution in [0.15, 0.2) is 48.5 Å². The number of benzene rings is 2. The molecule has 0 bridgehead atoms. The molecule has 2 aliphatic heterocycles. The van der Waals surface area contributed by atoms with Crippen LogP contribution in [-0.4, -0.2) is 52.9 Å². The molecule has 1 N–H and O–H groups in total. The summed E-state index contributed by atoms with van der Waals surface area (Å²) in [7, 11) is 0. The zero-order chi connectivity index (χ0) is 22.8. The molecule has 0 aliphatic carbocycles. The molecule has 2 atom stereocenters. The number of ether oxygens (including phenoxy) is 1. The van der Waals surface area contributed by atoms with Gasteiger partial charge in [0.1, 0.15) is 11.9 Å². The van der Waals surface area contributed by atoms with Crippen molar-refractivity contribution in [2.75, 3.05) is 18.4 Å². The number of rotatable bonds is 4. The molecule has 2 unspecified atom stereocenters. The van der Waals surface area contributed by atoms with Crippen LogP contribution >= 0.6 is 0 Å². The highest BCUT2D eigenvalue weighted by atomic mass is 19.1. The van der Waals surface area contributed by atoms with Crippen LogP contribution in [0.25, 0.3) is 0 Å². The van der Waals surface area contributed by atoms with E-state index in [0.717, 1.165) is 11.6 Å². The van der Waals surface area contributed by atoms with E-state index in [1.54, 1.807) is 9.80 Å². The van der Waals surface area contributed by atoms with E-state index in [-0.39, 0.29) is 47.3 Å². The first-order chi connectivity index (χ1) is 15.3. The summed E-state index contributed by atoms with van der Waals surface area (Å²) < 4.78 is 19.5. The van der Waals surface area contributed by atoms with E-state index in [2.05, 4.69) is 5.32 Å². The van der Waals surface area contributed by atoms with Crippen LogP contribution in [0.4, 0.5) is 14.9 Å². The molecule has 8 heteroatoms. The average Bonchev–Trinajstić information content (AvgIpc) is 3.09. The Kier molecular flexibility index (Phi) is 6.12. The summed E-state index contributed by atoms with van der Waals surface area (Å²) in [5, 5.41) is 2.58. The summed E-state index contributed by atoms with van der Waals surface area (Å²) >= 11 is 0. The summed E-state index contributed by atoms with van der Waals surface area (Å²) in [5.74, 6) is -1.22. The second kappa shape index (κ2) is 8.98. The Hall–Kier alpha value is -3.42. The van der Waals surface area contributed by atoms with Crippen molar-refractivity contribution in [3.05, 3.63) is 65.5 Å². The molecular formula is C24H26FN3O4. The molecule has 2 saturated heterocycles. The fourth-order valence-electron chi connectivity index (χ4n) is 4.56. The van der Waals surface area contributed by atoms with Gasteiger partial charge in [0.15, 0.2) is 0 Å². The van der Waals surface area contributed by atoms with Crippen molar-refractivity contribution in [1.29, 1.82) is 0 Å². The predicted molar refractivity (Wildman–Crippen MR) is 117 cm³/mol. The lowest BCUT2D eigenvalue weighted by atomic mass is 9.98. The number of amides is 3. The standard InChI is InChI=1S/C24H26FN3O4/c1-15-22(17-6-4-3-5-7-17)32-24(31)28(15)19-10-12-27(13-11-19)23(30)20-14-18(25)8-9-21(20)26-16(2)29/h3-9,14-15,19,22H,10-13H2,1-2H3,(H,26,29). The third-order valence-corrected chi connectivity index (χ3v) is 6.11. The zero-order valence-electron chi connectivity index (χ0n) is 18.1. The second-order valence-electron chi connectivity index (χ2n) is 8.26. The number of likely N-dealkylation sites (tertiary alicyclic amines) is 1. The maximum atomic E-state index is 13.8. The van der Waals surface area contributed by atoms with Gasteiger partial charge >= 0.3 is 6.09 Å². The first kappa shape index (κ1) is 21.8. The summed E-state index contributed by atoms with van der Waals surface area (Å²) in [6.45, 7) is 4.16. The van der Waals surface area contributed by atoms with Gasteiger partial charge in [-0.25, -0.2) is 9.18 Å². The van der Waals surface area contributed by atoms with E-state index in [4.69, 9.17) is 4.74 Å². The molecule has 168 valence electrons. The monoisotopic (exact) mass is 439 g/mol. The number of nitrogens with one attached hydrogen (secondary N) is 1. The highest BCUT2D eigenvalue weighted by molar-refractivity contribution is 6.03. The van der Waals surface area contributed by atoms with Gasteiger partial charge in [-0.1, -0.05) is 30.3 Å². The topological polar surface area (TPSA) is 79.0 Å². The van der Waals surface area contributed by atoms with Crippen LogP contribution in [0.1, 0.15) is 48.7 Å². The predicted octanol–water partition coefficient (Wildman–Crippen LogP) is 3.97. The van der Waals surface area contributed by atoms with Gasteiger partial charge in [-0.15, -0.1) is 0 Å². The molecule has 32 heavy (non-hydrogen) atoms. The minimum absolute atomic E-state index is 0.0439. The van der Waals surface area contributed by atoms with E-state index in [0.29, 0.717) is 25.9 Å². The smallest absolute Gasteiger partial charge is 0.411 e. The number of carbonyl (C=O) groups excluding carboxylic acids is 3. The molecule has 4 rings (SSSR count). The average molecular weight is 439 g/mol. The van der Waals surface area contributed by atoms with Crippen molar-refractivity contribution >= 4 is 23.6 Å².